The van der Waals surface area contributed by atoms with Gasteiger partial charge < -0.3 is 45.0 Å². The van der Waals surface area contributed by atoms with Crippen molar-refractivity contribution >= 4 is 17.9 Å². The number of hydrogen-bond donors (Lipinski definition) is 3. The van der Waals surface area contributed by atoms with Crippen LogP contribution in [0.1, 0.15) is 0 Å². The van der Waals surface area contributed by atoms with Crippen LogP contribution in [0.4, 0.5) is 0 Å². The van der Waals surface area contributed by atoms with Crippen LogP contribution in [0.5, 0.6) is 0 Å². The van der Waals surface area contributed by atoms with Gasteiger partial charge in [-0.05, 0) is 0 Å². The number of hydrogen-bond acceptors (Lipinski definition) is 9. The molecule has 0 atom stereocenters. The molecule has 0 spiro atoms. The molecule has 11 heteroatoms. The quantitative estimate of drug-likeness (QED) is 0.426. The largest absolute Gasteiger partial charge is 2.00 e. The van der Waals surface area contributed by atoms with Gasteiger partial charge in [0.05, 0.1) is 37.7 Å². The molecule has 0 saturated carbocycles. The van der Waals surface area contributed by atoms with Crippen molar-refractivity contribution in [2.45, 2.75) is 0 Å². The third kappa shape index (κ3) is 89.3. The minimum atomic E-state index is -1.44. The molecule has 0 aromatic carbocycles. The van der Waals surface area contributed by atoms with Gasteiger partial charge in [-0.25, -0.2) is 0 Å². The van der Waals surface area contributed by atoms with Gasteiger partial charge in [0.1, 0.15) is 0 Å². The van der Waals surface area contributed by atoms with Crippen molar-refractivity contribution in [3.63, 3.8) is 0 Å². The van der Waals surface area contributed by atoms with Gasteiger partial charge in [-0.3, -0.25) is 0 Å². The van der Waals surface area contributed by atoms with Crippen molar-refractivity contribution in [2.75, 3.05) is 19.8 Å². The topological polar surface area (TPSA) is 181 Å². The number of aliphatic hydroxyl groups is 3. The average Bonchev–Trinajstić information content (AvgIpc) is 2.19. The second kappa shape index (κ2) is 24.9. The third-order valence-corrected chi connectivity index (χ3v) is 0.387. The molecule has 3 N–H and O–H groups in total. The first kappa shape index (κ1) is 30.1. The van der Waals surface area contributed by atoms with Crippen LogP contribution in [0.15, 0.2) is 0 Å². The number of carboxylic acid groups (broad SMARTS) is 3. The molecule has 17 heavy (non-hydrogen) atoms. The first-order valence-corrected chi connectivity index (χ1v) is 3.23. The molecule has 0 aliphatic rings. The summed E-state index contributed by atoms with van der Waals surface area (Å²) < 4.78 is 0. The van der Waals surface area contributed by atoms with Crippen molar-refractivity contribution in [3.8, 4) is 0 Å². The Morgan fingerprint density at radius 3 is 0.765 bits per heavy atom. The van der Waals surface area contributed by atoms with Crippen molar-refractivity contribution in [3.05, 3.63) is 0 Å². The predicted octanol–water partition coefficient (Wildman–Crippen LogP) is -9.81. The van der Waals surface area contributed by atoms with E-state index in [1.54, 1.807) is 0 Å². The SMILES string of the molecule is O=C([O-])CO.O=C([O-])CO.O=C([O-])CO.[Fe+2].[Na+]. The Kier molecular flexibility index (Phi) is 44.1. The number of carbonyl (C=O) groups is 3. The van der Waals surface area contributed by atoms with Crippen LogP contribution in [0.3, 0.4) is 0 Å². The van der Waals surface area contributed by atoms with Gasteiger partial charge in [-0.2, -0.15) is 0 Å². The Labute approximate surface area is 129 Å². The van der Waals surface area contributed by atoms with Crippen molar-refractivity contribution in [1.82, 2.24) is 0 Å². The van der Waals surface area contributed by atoms with Gasteiger partial charge in [0, 0.05) is 0 Å². The molecule has 0 aliphatic heterocycles. The molecule has 0 aromatic heterocycles. The number of carboxylic acids is 3. The molecule has 0 aromatic rings. The third-order valence-electron chi connectivity index (χ3n) is 0.387. The first-order valence-electron chi connectivity index (χ1n) is 3.23. The zero-order valence-corrected chi connectivity index (χ0v) is 11.9. The van der Waals surface area contributed by atoms with E-state index in [2.05, 4.69) is 0 Å². The van der Waals surface area contributed by atoms with Gasteiger partial charge in [-0.15, -0.1) is 0 Å². The summed E-state index contributed by atoms with van der Waals surface area (Å²) in [6, 6.07) is 0. The van der Waals surface area contributed by atoms with Crippen LogP contribution in [0.25, 0.3) is 0 Å². The number of aliphatic carboxylic acids is 3. The summed E-state index contributed by atoms with van der Waals surface area (Å²) in [4.78, 5) is 27.0. The molecule has 0 saturated heterocycles. The fraction of sp³-hybridized carbons (Fsp3) is 0.500. The van der Waals surface area contributed by atoms with Crippen LogP contribution < -0.4 is 44.9 Å². The maximum atomic E-state index is 9.01. The Balaban J connectivity index is -0.0000000400. The van der Waals surface area contributed by atoms with E-state index >= 15 is 0 Å². The average molecular weight is 304 g/mol. The van der Waals surface area contributed by atoms with Crippen molar-refractivity contribution in [2.24, 2.45) is 0 Å². The Morgan fingerprint density at radius 1 is 0.706 bits per heavy atom. The molecule has 0 rings (SSSR count). The first-order chi connectivity index (χ1) is 6.81. The Hall–Kier alpha value is -0.191. The summed E-state index contributed by atoms with van der Waals surface area (Å²) in [6.07, 6.45) is 0. The minimum Gasteiger partial charge on any atom is -0.548 e. The van der Waals surface area contributed by atoms with Crippen LogP contribution >= 0.6 is 0 Å². The maximum Gasteiger partial charge on any atom is 2.00 e. The van der Waals surface area contributed by atoms with Crippen LogP contribution in [-0.2, 0) is 31.5 Å². The van der Waals surface area contributed by atoms with E-state index in [1.807, 2.05) is 0 Å². The zero-order chi connectivity index (χ0) is 12.9. The van der Waals surface area contributed by atoms with Gasteiger partial charge in [0.2, 0.25) is 0 Å². The number of carbonyl (C=O) groups excluding carboxylic acids is 3. The summed E-state index contributed by atoms with van der Waals surface area (Å²) in [7, 11) is 0. The van der Waals surface area contributed by atoms with Crippen LogP contribution in [-0.4, -0.2) is 53.0 Å². The van der Waals surface area contributed by atoms with Crippen molar-refractivity contribution < 1.29 is 91.6 Å². The fourth-order valence-electron chi connectivity index (χ4n) is 0. The molecule has 0 bridgehead atoms. The fourth-order valence-corrected chi connectivity index (χ4v) is 0. The predicted molar refractivity (Wildman–Crippen MR) is 36.3 cm³/mol. The molecular formula is C6H9FeNaO9. The molecule has 9 nitrogen and oxygen atoms in total. The molecule has 0 fully saturated rings. The smallest absolute Gasteiger partial charge is 0.548 e. The van der Waals surface area contributed by atoms with Gasteiger partial charge in [-0.1, -0.05) is 0 Å². The van der Waals surface area contributed by atoms with E-state index in [-0.39, 0.29) is 46.6 Å². The zero-order valence-electron chi connectivity index (χ0n) is 8.77. The maximum absolute atomic E-state index is 9.01. The summed E-state index contributed by atoms with van der Waals surface area (Å²) in [6.45, 7) is -2.67. The van der Waals surface area contributed by atoms with E-state index in [0.29, 0.717) is 0 Å². The second-order valence-electron chi connectivity index (χ2n) is 1.59. The summed E-state index contributed by atoms with van der Waals surface area (Å²) in [5, 5.41) is 49.5. The summed E-state index contributed by atoms with van der Waals surface area (Å²) >= 11 is 0. The van der Waals surface area contributed by atoms with Crippen molar-refractivity contribution in [1.29, 1.82) is 0 Å². The normalized spacial score (nSPS) is 6.53. The van der Waals surface area contributed by atoms with E-state index in [9.17, 15) is 0 Å². The van der Waals surface area contributed by atoms with E-state index in [0.717, 1.165) is 0 Å². The minimum absolute atomic E-state index is 0. The van der Waals surface area contributed by atoms with Crippen LogP contribution in [0.2, 0.25) is 0 Å². The second-order valence-corrected chi connectivity index (χ2v) is 1.59. The molecule has 0 aliphatic carbocycles. The molecule has 0 unspecified atom stereocenters. The van der Waals surface area contributed by atoms with Gasteiger partial charge in [0.25, 0.3) is 0 Å². The van der Waals surface area contributed by atoms with Gasteiger partial charge >= 0.3 is 46.6 Å². The Morgan fingerprint density at radius 2 is 0.765 bits per heavy atom. The summed E-state index contributed by atoms with van der Waals surface area (Å²) in [5.74, 6) is -4.32. The van der Waals surface area contributed by atoms with E-state index < -0.39 is 37.7 Å². The molecular weight excluding hydrogens is 295 g/mol. The van der Waals surface area contributed by atoms with Gasteiger partial charge in [0.15, 0.2) is 0 Å². The number of rotatable bonds is 3. The molecule has 0 radical (unpaired) electrons. The van der Waals surface area contributed by atoms with E-state index in [1.165, 1.54) is 0 Å². The molecule has 96 valence electrons. The Bertz CT molecular complexity index is 165. The monoisotopic (exact) mass is 304 g/mol. The standard InChI is InChI=1S/3C2H4O3.Fe.Na/c3*3-1-2(4)5;;/h3*3H,1H2,(H,4,5);;/q;;;+2;+1/p-3. The summed E-state index contributed by atoms with van der Waals surface area (Å²) in [5.41, 5.74) is 0. The van der Waals surface area contributed by atoms with E-state index in [4.69, 9.17) is 45.0 Å². The molecule has 0 amide bonds. The molecule has 0 heterocycles. The van der Waals surface area contributed by atoms with Crippen LogP contribution in [0, 0.1) is 0 Å². The number of aliphatic hydroxyl groups excluding tert-OH is 3.